The predicted octanol–water partition coefficient (Wildman–Crippen LogP) is 5.30. The quantitative estimate of drug-likeness (QED) is 0.401. The van der Waals surface area contributed by atoms with Gasteiger partial charge in [-0.05, 0) is 62.7 Å². The molecular formula is C33H34N2O6. The van der Waals surface area contributed by atoms with Crippen molar-refractivity contribution in [2.75, 3.05) is 23.0 Å². The summed E-state index contributed by atoms with van der Waals surface area (Å²) in [5, 5.41) is 21.0. The molecule has 3 aromatic rings. The minimum Gasteiger partial charge on any atom is -0.454 e. The third kappa shape index (κ3) is 4.01. The van der Waals surface area contributed by atoms with Crippen molar-refractivity contribution in [3.05, 3.63) is 90.5 Å². The number of hydrogen-bond donors (Lipinski definition) is 2. The summed E-state index contributed by atoms with van der Waals surface area (Å²) in [4.78, 5) is 31.6. The van der Waals surface area contributed by atoms with Gasteiger partial charge in [0.25, 0.3) is 11.8 Å². The van der Waals surface area contributed by atoms with E-state index in [2.05, 4.69) is 6.58 Å². The van der Waals surface area contributed by atoms with Crippen molar-refractivity contribution in [2.45, 2.75) is 44.5 Å². The summed E-state index contributed by atoms with van der Waals surface area (Å²) in [6.07, 6.45) is 1.38. The maximum Gasteiger partial charge on any atom is 0.266 e. The minimum absolute atomic E-state index is 0.143. The Morgan fingerprint density at radius 3 is 2.44 bits per heavy atom. The molecule has 4 atom stereocenters. The van der Waals surface area contributed by atoms with Gasteiger partial charge >= 0.3 is 0 Å². The van der Waals surface area contributed by atoms with E-state index in [4.69, 9.17) is 9.47 Å². The molecule has 0 saturated carbocycles. The van der Waals surface area contributed by atoms with E-state index in [0.717, 1.165) is 0 Å². The van der Waals surface area contributed by atoms with Crippen LogP contribution in [-0.2, 0) is 15.1 Å². The molecule has 3 heterocycles. The SMILES string of the molecule is C=CCN1C(=O)[C@]2(O[C@H](CCO)[C@@H](C(C)(C)O)[C@@H]2C)c2cc(N3C(=O)c4ccccc4Oc4ccccc43)ccc21. The van der Waals surface area contributed by atoms with Crippen molar-refractivity contribution in [3.8, 4) is 11.5 Å². The van der Waals surface area contributed by atoms with Gasteiger partial charge in [-0.3, -0.25) is 14.5 Å². The van der Waals surface area contributed by atoms with E-state index in [0.29, 0.717) is 39.7 Å². The number of fused-ring (bicyclic) bond motifs is 4. The highest BCUT2D eigenvalue weighted by molar-refractivity contribution is 6.15. The number of amides is 2. The van der Waals surface area contributed by atoms with Crippen LogP contribution in [0, 0.1) is 11.8 Å². The van der Waals surface area contributed by atoms with Gasteiger partial charge in [0.2, 0.25) is 0 Å². The molecule has 8 nitrogen and oxygen atoms in total. The fraction of sp³-hybridized carbons (Fsp3) is 0.333. The van der Waals surface area contributed by atoms with Crippen LogP contribution in [0.25, 0.3) is 0 Å². The average Bonchev–Trinajstić information content (AvgIpc) is 3.31. The van der Waals surface area contributed by atoms with E-state index in [9.17, 15) is 19.8 Å². The van der Waals surface area contributed by atoms with Crippen LogP contribution in [0.1, 0.15) is 43.1 Å². The van der Waals surface area contributed by atoms with Crippen molar-refractivity contribution in [3.63, 3.8) is 0 Å². The molecule has 212 valence electrons. The standard InChI is InChI=1S/C33H34N2O6/c1-5-17-34-24-15-14-21(35-25-11-7-9-13-27(25)40-26-12-8-6-10-22(26)30(35)37)19-23(24)33(31(34)38)20(2)29(32(3,4)39)28(41-33)16-18-36/h5-15,19-20,28-29,36,39H,1,16-18H2,2-4H3/t20-,28+,29-,33+/m0/s1. The summed E-state index contributed by atoms with van der Waals surface area (Å²) in [7, 11) is 0. The number of carbonyl (C=O) groups excluding carboxylic acids is 2. The third-order valence-electron chi connectivity index (χ3n) is 8.60. The second-order valence-corrected chi connectivity index (χ2v) is 11.5. The monoisotopic (exact) mass is 554 g/mol. The second kappa shape index (κ2) is 9.83. The largest absolute Gasteiger partial charge is 0.454 e. The lowest BCUT2D eigenvalue weighted by Crippen LogP contribution is -2.46. The zero-order valence-electron chi connectivity index (χ0n) is 23.4. The van der Waals surface area contributed by atoms with Crippen LogP contribution in [0.2, 0.25) is 0 Å². The lowest BCUT2D eigenvalue weighted by Gasteiger charge is -2.34. The lowest BCUT2D eigenvalue weighted by molar-refractivity contribution is -0.146. The Morgan fingerprint density at radius 2 is 1.73 bits per heavy atom. The Balaban J connectivity index is 1.56. The fourth-order valence-electron chi connectivity index (χ4n) is 6.98. The first-order valence-electron chi connectivity index (χ1n) is 13.9. The van der Waals surface area contributed by atoms with Crippen LogP contribution in [0.3, 0.4) is 0 Å². The number of aliphatic hydroxyl groups is 2. The van der Waals surface area contributed by atoms with Gasteiger partial charge in [-0.25, -0.2) is 0 Å². The molecule has 3 aromatic carbocycles. The summed E-state index contributed by atoms with van der Waals surface area (Å²) in [6.45, 7) is 9.32. The van der Waals surface area contributed by atoms with Gasteiger partial charge in [0.15, 0.2) is 11.4 Å². The Bertz CT molecular complexity index is 1540. The maximum absolute atomic E-state index is 14.3. The van der Waals surface area contributed by atoms with Gasteiger partial charge in [-0.15, -0.1) is 6.58 Å². The molecule has 8 heteroatoms. The first kappa shape index (κ1) is 27.2. The summed E-state index contributed by atoms with van der Waals surface area (Å²) in [5.41, 5.74) is 0.233. The molecule has 2 amide bonds. The highest BCUT2D eigenvalue weighted by Crippen LogP contribution is 2.58. The number of aliphatic hydroxyl groups excluding tert-OH is 1. The fourth-order valence-corrected chi connectivity index (χ4v) is 6.98. The Labute approximate surface area is 239 Å². The van der Waals surface area contributed by atoms with E-state index in [1.807, 2.05) is 55.5 Å². The molecule has 0 unspecified atom stereocenters. The normalized spacial score (nSPS) is 25.0. The number of benzene rings is 3. The van der Waals surface area contributed by atoms with E-state index in [-0.39, 0.29) is 31.4 Å². The zero-order valence-corrected chi connectivity index (χ0v) is 23.4. The molecule has 0 bridgehead atoms. The number of ether oxygens (including phenoxy) is 2. The summed E-state index contributed by atoms with van der Waals surface area (Å²) in [6, 6.07) is 20.0. The van der Waals surface area contributed by atoms with Crippen molar-refractivity contribution in [2.24, 2.45) is 11.8 Å². The van der Waals surface area contributed by atoms with E-state index < -0.39 is 29.1 Å². The van der Waals surface area contributed by atoms with E-state index in [1.54, 1.807) is 47.9 Å². The van der Waals surface area contributed by atoms with Crippen LogP contribution in [0.5, 0.6) is 11.5 Å². The van der Waals surface area contributed by atoms with Crippen molar-refractivity contribution >= 4 is 28.9 Å². The first-order chi connectivity index (χ1) is 19.6. The Morgan fingerprint density at radius 1 is 1.02 bits per heavy atom. The van der Waals surface area contributed by atoms with Crippen LogP contribution >= 0.6 is 0 Å². The van der Waals surface area contributed by atoms with Crippen LogP contribution < -0.4 is 14.5 Å². The summed E-state index contributed by atoms with van der Waals surface area (Å²) < 4.78 is 12.8. The molecule has 0 aromatic heterocycles. The molecule has 2 N–H and O–H groups in total. The molecule has 1 spiro atoms. The number of hydrogen-bond acceptors (Lipinski definition) is 6. The highest BCUT2D eigenvalue weighted by atomic mass is 16.5. The van der Waals surface area contributed by atoms with Gasteiger partial charge in [0, 0.05) is 36.2 Å². The van der Waals surface area contributed by atoms with Gasteiger partial charge in [-0.1, -0.05) is 37.3 Å². The van der Waals surface area contributed by atoms with Gasteiger partial charge in [0.1, 0.15) is 5.75 Å². The zero-order chi connectivity index (χ0) is 29.1. The Hall–Kier alpha value is -3.98. The molecule has 3 aliphatic heterocycles. The van der Waals surface area contributed by atoms with Crippen LogP contribution in [-0.4, -0.2) is 46.9 Å². The minimum atomic E-state index is -1.42. The third-order valence-corrected chi connectivity index (χ3v) is 8.60. The van der Waals surface area contributed by atoms with Crippen molar-refractivity contribution in [1.82, 2.24) is 0 Å². The second-order valence-electron chi connectivity index (χ2n) is 11.5. The molecule has 1 saturated heterocycles. The lowest BCUT2D eigenvalue weighted by atomic mass is 9.71. The summed E-state index contributed by atoms with van der Waals surface area (Å²) >= 11 is 0. The number of rotatable bonds is 6. The molecule has 1 fully saturated rings. The molecular weight excluding hydrogens is 520 g/mol. The number of carbonyl (C=O) groups is 2. The predicted molar refractivity (Wildman–Crippen MR) is 156 cm³/mol. The van der Waals surface area contributed by atoms with E-state index in [1.165, 1.54) is 0 Å². The number of nitrogens with zero attached hydrogens (tertiary/aromatic N) is 2. The van der Waals surface area contributed by atoms with Gasteiger partial charge in [-0.2, -0.15) is 0 Å². The maximum atomic E-state index is 14.3. The summed E-state index contributed by atoms with van der Waals surface area (Å²) in [5.74, 6) is -0.389. The van der Waals surface area contributed by atoms with Crippen LogP contribution in [0.15, 0.2) is 79.4 Å². The molecule has 3 aliphatic rings. The Kier molecular flexibility index (Phi) is 6.53. The molecule has 0 aliphatic carbocycles. The molecule has 0 radical (unpaired) electrons. The number of anilines is 3. The smallest absolute Gasteiger partial charge is 0.266 e. The van der Waals surface area contributed by atoms with Crippen molar-refractivity contribution < 1.29 is 29.3 Å². The van der Waals surface area contributed by atoms with Crippen molar-refractivity contribution in [1.29, 1.82) is 0 Å². The molecule has 6 rings (SSSR count). The average molecular weight is 555 g/mol. The number of para-hydroxylation sites is 3. The van der Waals surface area contributed by atoms with E-state index >= 15 is 0 Å². The van der Waals surface area contributed by atoms with Gasteiger partial charge in [0.05, 0.1) is 28.6 Å². The molecule has 41 heavy (non-hydrogen) atoms. The van der Waals surface area contributed by atoms with Gasteiger partial charge < -0.3 is 24.6 Å². The highest BCUT2D eigenvalue weighted by Gasteiger charge is 2.65. The van der Waals surface area contributed by atoms with Crippen LogP contribution in [0.4, 0.5) is 17.1 Å². The topological polar surface area (TPSA) is 99.5 Å². The first-order valence-corrected chi connectivity index (χ1v) is 13.9.